The van der Waals surface area contributed by atoms with Gasteiger partial charge in [-0.1, -0.05) is 20.3 Å². The molecular weight excluding hydrogens is 224 g/mol. The van der Waals surface area contributed by atoms with Gasteiger partial charge in [0.25, 0.3) is 0 Å². The van der Waals surface area contributed by atoms with Crippen molar-refractivity contribution in [2.24, 2.45) is 5.92 Å². The summed E-state index contributed by atoms with van der Waals surface area (Å²) in [5.41, 5.74) is -0.508. The van der Waals surface area contributed by atoms with Crippen LogP contribution >= 0.6 is 0 Å². The first-order chi connectivity index (χ1) is 7.17. The molecule has 0 aromatic rings. The Hall–Kier alpha value is -0.380. The first-order valence-electron chi connectivity index (χ1n) is 5.77. The maximum absolute atomic E-state index is 11.8. The molecule has 0 amide bonds. The number of carbonyl (C=O) groups excluding carboxylic acids is 1. The summed E-state index contributed by atoms with van der Waals surface area (Å²) >= 11 is 0. The number of ether oxygens (including phenoxy) is 1. The normalized spacial score (nSPS) is 17.6. The van der Waals surface area contributed by atoms with E-state index in [1.165, 1.54) is 0 Å². The van der Waals surface area contributed by atoms with Crippen LogP contribution in [0.1, 0.15) is 48.0 Å². The first-order valence-corrected chi connectivity index (χ1v) is 7.15. The Morgan fingerprint density at radius 1 is 1.31 bits per heavy atom. The number of esters is 1. The summed E-state index contributed by atoms with van der Waals surface area (Å²) in [5, 5.41) is -0.534. The van der Waals surface area contributed by atoms with Gasteiger partial charge in [-0.05, 0) is 33.6 Å². The van der Waals surface area contributed by atoms with Gasteiger partial charge in [0.05, 0.1) is 0 Å². The molecule has 0 aromatic carbocycles. The van der Waals surface area contributed by atoms with E-state index in [4.69, 9.17) is 4.74 Å². The van der Waals surface area contributed by atoms with E-state index in [-0.39, 0.29) is 5.97 Å². The Morgan fingerprint density at radius 3 is 2.19 bits per heavy atom. The maximum Gasteiger partial charge on any atom is 0.321 e. The zero-order valence-electron chi connectivity index (χ0n) is 11.2. The fraction of sp³-hybridized carbons (Fsp3) is 0.917. The molecule has 16 heavy (non-hydrogen) atoms. The van der Waals surface area contributed by atoms with Gasteiger partial charge < -0.3 is 4.74 Å². The van der Waals surface area contributed by atoms with E-state index < -0.39 is 21.7 Å². The third kappa shape index (κ3) is 6.26. The zero-order chi connectivity index (χ0) is 12.9. The Bertz CT molecular complexity index is 255. The lowest BCUT2D eigenvalue weighted by molar-refractivity contribution is -0.153. The molecule has 0 N–H and O–H groups in total. The van der Waals surface area contributed by atoms with Crippen LogP contribution in [0.4, 0.5) is 0 Å². The van der Waals surface area contributed by atoms with Crippen molar-refractivity contribution in [2.75, 3.05) is 5.75 Å². The zero-order valence-corrected chi connectivity index (χ0v) is 12.0. The van der Waals surface area contributed by atoms with Crippen LogP contribution in [0.25, 0.3) is 0 Å². The highest BCUT2D eigenvalue weighted by atomic mass is 32.2. The molecule has 3 nitrogen and oxygen atoms in total. The lowest BCUT2D eigenvalue weighted by Gasteiger charge is -2.22. The van der Waals surface area contributed by atoms with Crippen LogP contribution in [0, 0.1) is 5.92 Å². The molecule has 0 bridgehead atoms. The molecule has 0 spiro atoms. The Labute approximate surface area is 101 Å². The van der Waals surface area contributed by atoms with Gasteiger partial charge in [-0.2, -0.15) is 0 Å². The van der Waals surface area contributed by atoms with Gasteiger partial charge in [0.2, 0.25) is 0 Å². The molecule has 0 aliphatic rings. The average molecular weight is 248 g/mol. The van der Waals surface area contributed by atoms with Crippen LogP contribution in [0.15, 0.2) is 0 Å². The van der Waals surface area contributed by atoms with Gasteiger partial charge in [0.15, 0.2) is 0 Å². The van der Waals surface area contributed by atoms with Crippen LogP contribution < -0.4 is 0 Å². The summed E-state index contributed by atoms with van der Waals surface area (Å²) in [6.07, 6.45) is 0.979. The van der Waals surface area contributed by atoms with Gasteiger partial charge in [-0.15, -0.1) is 0 Å². The number of hydrogen-bond donors (Lipinski definition) is 0. The minimum atomic E-state index is -1.13. The van der Waals surface area contributed by atoms with Crippen molar-refractivity contribution in [1.82, 2.24) is 0 Å². The molecule has 0 aliphatic heterocycles. The molecule has 96 valence electrons. The molecule has 0 saturated heterocycles. The summed E-state index contributed by atoms with van der Waals surface area (Å²) in [5.74, 6) is 0.580. The van der Waals surface area contributed by atoms with E-state index in [9.17, 15) is 9.00 Å². The molecule has 3 unspecified atom stereocenters. The van der Waals surface area contributed by atoms with Crippen molar-refractivity contribution in [3.05, 3.63) is 0 Å². The molecule has 0 fully saturated rings. The van der Waals surface area contributed by atoms with E-state index in [0.29, 0.717) is 11.7 Å². The molecule has 0 rings (SSSR count). The fourth-order valence-electron chi connectivity index (χ4n) is 1.03. The van der Waals surface area contributed by atoms with E-state index in [0.717, 1.165) is 6.42 Å². The molecular formula is C12H24O3S. The van der Waals surface area contributed by atoms with E-state index >= 15 is 0 Å². The number of hydrogen-bond acceptors (Lipinski definition) is 3. The van der Waals surface area contributed by atoms with Crippen LogP contribution in [0.2, 0.25) is 0 Å². The SMILES string of the molecule is CCC(C)CS(=O)C(C)C(=O)OC(C)(C)C. The van der Waals surface area contributed by atoms with Crippen molar-refractivity contribution >= 4 is 16.8 Å². The number of rotatable bonds is 5. The monoisotopic (exact) mass is 248 g/mol. The average Bonchev–Trinajstić information content (AvgIpc) is 2.13. The largest absolute Gasteiger partial charge is 0.459 e. The van der Waals surface area contributed by atoms with E-state index in [1.807, 2.05) is 27.7 Å². The highest BCUT2D eigenvalue weighted by Gasteiger charge is 2.26. The lowest BCUT2D eigenvalue weighted by Crippen LogP contribution is -2.34. The summed E-state index contributed by atoms with van der Waals surface area (Å²) in [4.78, 5) is 11.7. The van der Waals surface area contributed by atoms with Crippen LogP contribution in [-0.2, 0) is 20.3 Å². The summed E-state index contributed by atoms with van der Waals surface area (Å²) in [6, 6.07) is 0. The second kappa shape index (κ2) is 6.38. The number of carbonyl (C=O) groups is 1. The third-order valence-electron chi connectivity index (χ3n) is 2.28. The van der Waals surface area contributed by atoms with Gasteiger partial charge >= 0.3 is 5.97 Å². The van der Waals surface area contributed by atoms with E-state index in [2.05, 4.69) is 6.92 Å². The second-order valence-electron chi connectivity index (χ2n) is 5.24. The lowest BCUT2D eigenvalue weighted by atomic mass is 10.2. The van der Waals surface area contributed by atoms with Crippen molar-refractivity contribution in [1.29, 1.82) is 0 Å². The molecule has 4 heteroatoms. The first kappa shape index (κ1) is 15.6. The minimum absolute atomic E-state index is 0.367. The quantitative estimate of drug-likeness (QED) is 0.702. The van der Waals surface area contributed by atoms with Crippen LogP contribution in [0.5, 0.6) is 0 Å². The van der Waals surface area contributed by atoms with Crippen LogP contribution in [-0.4, -0.2) is 26.8 Å². The molecule has 0 radical (unpaired) electrons. The summed E-state index contributed by atoms with van der Waals surface area (Å²) < 4.78 is 17.1. The highest BCUT2D eigenvalue weighted by molar-refractivity contribution is 7.86. The van der Waals surface area contributed by atoms with Crippen molar-refractivity contribution < 1.29 is 13.7 Å². The molecule has 0 aliphatic carbocycles. The predicted octanol–water partition coefficient (Wildman–Crippen LogP) is 2.51. The molecule has 0 heterocycles. The van der Waals surface area contributed by atoms with Gasteiger partial charge in [-0.3, -0.25) is 9.00 Å². The summed E-state index contributed by atoms with van der Waals surface area (Å²) in [6.45, 7) is 11.2. The smallest absolute Gasteiger partial charge is 0.321 e. The van der Waals surface area contributed by atoms with Crippen LogP contribution in [0.3, 0.4) is 0 Å². The Balaban J connectivity index is 4.28. The Morgan fingerprint density at radius 2 is 1.81 bits per heavy atom. The van der Waals surface area contributed by atoms with Crippen molar-refractivity contribution in [3.63, 3.8) is 0 Å². The maximum atomic E-state index is 11.8. The van der Waals surface area contributed by atoms with Gasteiger partial charge in [0, 0.05) is 16.6 Å². The van der Waals surface area contributed by atoms with Gasteiger partial charge in [0.1, 0.15) is 10.9 Å². The fourth-order valence-corrected chi connectivity index (χ4v) is 2.38. The van der Waals surface area contributed by atoms with Crippen molar-refractivity contribution in [2.45, 2.75) is 58.8 Å². The predicted molar refractivity (Wildman–Crippen MR) is 67.8 cm³/mol. The molecule has 0 aromatic heterocycles. The third-order valence-corrected chi connectivity index (χ3v) is 4.16. The topological polar surface area (TPSA) is 43.4 Å². The molecule has 0 saturated carbocycles. The molecule has 3 atom stereocenters. The second-order valence-corrected chi connectivity index (χ2v) is 7.04. The standard InChI is InChI=1S/C12H24O3S/c1-7-9(2)8-16(14)10(3)11(13)15-12(4,5)6/h9-10H,7-8H2,1-6H3. The van der Waals surface area contributed by atoms with E-state index in [1.54, 1.807) is 6.92 Å². The summed E-state index contributed by atoms with van der Waals surface area (Å²) in [7, 11) is -1.13. The van der Waals surface area contributed by atoms with Gasteiger partial charge in [-0.25, -0.2) is 0 Å². The highest BCUT2D eigenvalue weighted by Crippen LogP contribution is 2.13. The minimum Gasteiger partial charge on any atom is -0.459 e. The Kier molecular flexibility index (Phi) is 6.23. The van der Waals surface area contributed by atoms with Crippen molar-refractivity contribution in [3.8, 4) is 0 Å².